The third-order valence-electron chi connectivity index (χ3n) is 2.26. The average Bonchev–Trinajstić information content (AvgIpc) is 2.09. The Balaban J connectivity index is 2.81. The molecule has 0 fully saturated rings. The van der Waals surface area contributed by atoms with Gasteiger partial charge in [0.25, 0.3) is 0 Å². The predicted octanol–water partition coefficient (Wildman–Crippen LogP) is -1.30. The molecular weight excluding hydrogens is 174 g/mol. The maximum atomic E-state index is 10.6. The second-order valence-corrected chi connectivity index (χ2v) is 3.18. The first-order valence-electron chi connectivity index (χ1n) is 4.06. The molecule has 5 nitrogen and oxygen atoms in total. The van der Waals surface area contributed by atoms with Crippen molar-refractivity contribution in [3.63, 3.8) is 0 Å². The van der Waals surface area contributed by atoms with E-state index in [0.29, 0.717) is 0 Å². The van der Waals surface area contributed by atoms with E-state index in [0.717, 1.165) is 0 Å². The molecule has 0 saturated heterocycles. The molecule has 0 heterocycles. The van der Waals surface area contributed by atoms with Crippen molar-refractivity contribution in [2.75, 3.05) is 6.54 Å². The van der Waals surface area contributed by atoms with E-state index in [4.69, 9.17) is 10.8 Å². The molecule has 0 spiro atoms. The van der Waals surface area contributed by atoms with Gasteiger partial charge in [0, 0.05) is 11.5 Å². The molecule has 1 rings (SSSR count). The average molecular weight is 187 g/mol. The first-order chi connectivity index (χ1) is 6.06. The molecule has 0 aromatic heterocycles. The summed E-state index contributed by atoms with van der Waals surface area (Å²) in [4.78, 5) is 10.6. The lowest BCUT2D eigenvalue weighted by molar-refractivity contribution is -0.133. The minimum atomic E-state index is -1.12. The van der Waals surface area contributed by atoms with Crippen molar-refractivity contribution in [3.8, 4) is 0 Å². The highest BCUT2D eigenvalue weighted by molar-refractivity contribution is 5.86. The van der Waals surface area contributed by atoms with Crippen molar-refractivity contribution in [3.05, 3.63) is 11.6 Å². The van der Waals surface area contributed by atoms with Crippen molar-refractivity contribution in [1.82, 2.24) is 0 Å². The van der Waals surface area contributed by atoms with Crippen LogP contribution in [0.25, 0.3) is 0 Å². The van der Waals surface area contributed by atoms with E-state index in [1.807, 2.05) is 0 Å². The Hall–Kier alpha value is -0.910. The van der Waals surface area contributed by atoms with Gasteiger partial charge in [-0.15, -0.1) is 0 Å². The van der Waals surface area contributed by atoms with Crippen LogP contribution in [-0.4, -0.2) is 40.0 Å². The smallest absolute Gasteiger partial charge is 0.331 e. The molecule has 1 aliphatic rings. The highest BCUT2D eigenvalue weighted by atomic mass is 16.4. The molecule has 0 saturated carbocycles. The van der Waals surface area contributed by atoms with Gasteiger partial charge < -0.3 is 21.1 Å². The SMILES string of the molecule is NC[C@@H]1CC(C(=O)O)=C[C@@H](O)[C@H]1O. The second-order valence-electron chi connectivity index (χ2n) is 3.18. The van der Waals surface area contributed by atoms with E-state index in [2.05, 4.69) is 0 Å². The highest BCUT2D eigenvalue weighted by Gasteiger charge is 2.31. The van der Waals surface area contributed by atoms with Gasteiger partial charge in [0.05, 0.1) is 12.2 Å². The summed E-state index contributed by atoms with van der Waals surface area (Å²) in [5.41, 5.74) is 5.45. The van der Waals surface area contributed by atoms with E-state index in [9.17, 15) is 15.0 Å². The Morgan fingerprint density at radius 2 is 2.23 bits per heavy atom. The van der Waals surface area contributed by atoms with Crippen LogP contribution in [-0.2, 0) is 4.79 Å². The number of aliphatic hydroxyl groups is 2. The van der Waals surface area contributed by atoms with Crippen LogP contribution in [0.2, 0.25) is 0 Å². The molecule has 74 valence electrons. The van der Waals surface area contributed by atoms with E-state index in [-0.39, 0.29) is 24.5 Å². The largest absolute Gasteiger partial charge is 0.478 e. The zero-order valence-electron chi connectivity index (χ0n) is 7.05. The number of hydrogen-bond acceptors (Lipinski definition) is 4. The Morgan fingerprint density at radius 1 is 1.62 bits per heavy atom. The molecule has 0 aromatic rings. The standard InChI is InChI=1S/C8H13NO4/c9-3-5-1-4(8(12)13)2-6(10)7(5)11/h2,5-7,10-11H,1,3,9H2,(H,12,13)/t5-,6+,7-/m0/s1. The summed E-state index contributed by atoms with van der Waals surface area (Å²) in [6.07, 6.45) is -0.690. The summed E-state index contributed by atoms with van der Waals surface area (Å²) in [6, 6.07) is 0. The Kier molecular flexibility index (Phi) is 3.02. The molecule has 0 amide bonds. The van der Waals surface area contributed by atoms with Crippen molar-refractivity contribution >= 4 is 5.97 Å². The van der Waals surface area contributed by atoms with Crippen LogP contribution >= 0.6 is 0 Å². The van der Waals surface area contributed by atoms with E-state index >= 15 is 0 Å². The van der Waals surface area contributed by atoms with Gasteiger partial charge in [-0.3, -0.25) is 0 Å². The van der Waals surface area contributed by atoms with Crippen LogP contribution in [0.3, 0.4) is 0 Å². The van der Waals surface area contributed by atoms with Crippen molar-refractivity contribution in [2.24, 2.45) is 11.7 Å². The van der Waals surface area contributed by atoms with Crippen LogP contribution in [0.1, 0.15) is 6.42 Å². The van der Waals surface area contributed by atoms with Gasteiger partial charge in [0.2, 0.25) is 0 Å². The van der Waals surface area contributed by atoms with Crippen LogP contribution in [0.4, 0.5) is 0 Å². The van der Waals surface area contributed by atoms with Crippen LogP contribution in [0.5, 0.6) is 0 Å². The van der Waals surface area contributed by atoms with Gasteiger partial charge in [0.1, 0.15) is 0 Å². The van der Waals surface area contributed by atoms with Crippen molar-refractivity contribution < 1.29 is 20.1 Å². The first kappa shape index (κ1) is 10.2. The number of aliphatic hydroxyl groups excluding tert-OH is 2. The predicted molar refractivity (Wildman–Crippen MR) is 44.9 cm³/mol. The van der Waals surface area contributed by atoms with Crippen molar-refractivity contribution in [1.29, 1.82) is 0 Å². The lowest BCUT2D eigenvalue weighted by Crippen LogP contribution is -2.40. The molecule has 0 unspecified atom stereocenters. The second kappa shape index (κ2) is 3.87. The van der Waals surface area contributed by atoms with Crippen LogP contribution in [0.15, 0.2) is 11.6 Å². The highest BCUT2D eigenvalue weighted by Crippen LogP contribution is 2.24. The zero-order chi connectivity index (χ0) is 10.0. The number of aliphatic carboxylic acids is 1. The minimum absolute atomic E-state index is 0.119. The molecule has 0 aromatic carbocycles. The number of hydrogen-bond donors (Lipinski definition) is 4. The Morgan fingerprint density at radius 3 is 2.69 bits per heavy atom. The summed E-state index contributed by atoms with van der Waals surface area (Å²) in [7, 11) is 0. The number of carboxylic acids is 1. The first-order valence-corrected chi connectivity index (χ1v) is 4.06. The number of rotatable bonds is 2. The van der Waals surface area contributed by atoms with Crippen molar-refractivity contribution in [2.45, 2.75) is 18.6 Å². The van der Waals surface area contributed by atoms with Gasteiger partial charge >= 0.3 is 5.97 Å². The summed E-state index contributed by atoms with van der Waals surface area (Å²) < 4.78 is 0. The summed E-state index contributed by atoms with van der Waals surface area (Å²) >= 11 is 0. The van der Waals surface area contributed by atoms with E-state index in [1.165, 1.54) is 6.08 Å². The fraction of sp³-hybridized carbons (Fsp3) is 0.625. The van der Waals surface area contributed by atoms with Gasteiger partial charge in [-0.25, -0.2) is 4.79 Å². The molecule has 5 heteroatoms. The lowest BCUT2D eigenvalue weighted by atomic mass is 9.85. The molecule has 0 aliphatic heterocycles. The van der Waals surface area contributed by atoms with Crippen LogP contribution in [0, 0.1) is 5.92 Å². The molecular formula is C8H13NO4. The Bertz CT molecular complexity index is 238. The third kappa shape index (κ3) is 2.06. The summed E-state index contributed by atoms with van der Waals surface area (Å²) in [6.45, 7) is 0.169. The number of carboxylic acid groups (broad SMARTS) is 1. The van der Waals surface area contributed by atoms with E-state index < -0.39 is 18.2 Å². The molecule has 3 atom stereocenters. The van der Waals surface area contributed by atoms with Gasteiger partial charge in [-0.2, -0.15) is 0 Å². The fourth-order valence-corrected chi connectivity index (χ4v) is 1.44. The maximum Gasteiger partial charge on any atom is 0.331 e. The summed E-state index contributed by atoms with van der Waals surface area (Å²) in [5, 5.41) is 27.3. The maximum absolute atomic E-state index is 10.6. The topological polar surface area (TPSA) is 104 Å². The zero-order valence-corrected chi connectivity index (χ0v) is 7.05. The third-order valence-corrected chi connectivity index (χ3v) is 2.26. The van der Waals surface area contributed by atoms with Crippen LogP contribution < -0.4 is 5.73 Å². The molecule has 5 N–H and O–H groups in total. The van der Waals surface area contributed by atoms with Gasteiger partial charge in [0.15, 0.2) is 0 Å². The number of carbonyl (C=O) groups is 1. The minimum Gasteiger partial charge on any atom is -0.478 e. The molecule has 1 aliphatic carbocycles. The Labute approximate surface area is 75.5 Å². The molecule has 0 bridgehead atoms. The fourth-order valence-electron chi connectivity index (χ4n) is 1.44. The number of nitrogens with two attached hydrogens (primary N) is 1. The lowest BCUT2D eigenvalue weighted by Gasteiger charge is -2.28. The van der Waals surface area contributed by atoms with E-state index in [1.54, 1.807) is 0 Å². The van der Waals surface area contributed by atoms with Gasteiger partial charge in [-0.05, 0) is 19.0 Å². The van der Waals surface area contributed by atoms with Gasteiger partial charge in [-0.1, -0.05) is 0 Å². The quantitative estimate of drug-likeness (QED) is 0.430. The summed E-state index contributed by atoms with van der Waals surface area (Å²) in [5.74, 6) is -1.43. The molecule has 13 heavy (non-hydrogen) atoms. The molecule has 0 radical (unpaired) electrons. The normalized spacial score (nSPS) is 34.1. The monoisotopic (exact) mass is 187 g/mol.